The molecule has 0 radical (unpaired) electrons. The number of nitrogens with zero attached hydrogens (tertiary/aromatic N) is 2. The minimum atomic E-state index is 0.0645. The summed E-state index contributed by atoms with van der Waals surface area (Å²) in [6, 6.07) is 15.1. The second-order valence-corrected chi connectivity index (χ2v) is 7.41. The molecule has 1 amide bonds. The van der Waals surface area contributed by atoms with Crippen molar-refractivity contribution in [2.45, 2.75) is 33.7 Å². The Kier molecular flexibility index (Phi) is 5.62. The number of aryl methyl sites for hydroxylation is 2. The molecular formula is C22H29N3O. The number of anilines is 2. The Bertz CT molecular complexity index is 769. The van der Waals surface area contributed by atoms with Gasteiger partial charge in [-0.3, -0.25) is 9.69 Å². The number of carbonyl (C=O) groups is 1. The molecular weight excluding hydrogens is 322 g/mol. The molecule has 2 aromatic carbocycles. The van der Waals surface area contributed by atoms with Gasteiger partial charge in [-0.25, -0.2) is 0 Å². The van der Waals surface area contributed by atoms with Crippen LogP contribution < -0.4 is 10.2 Å². The van der Waals surface area contributed by atoms with Crippen LogP contribution in [0.2, 0.25) is 0 Å². The Morgan fingerprint density at radius 1 is 1.08 bits per heavy atom. The lowest BCUT2D eigenvalue weighted by Crippen LogP contribution is -2.53. The molecule has 0 bridgehead atoms. The normalized spacial score (nSPS) is 18.0. The maximum absolute atomic E-state index is 12.5. The van der Waals surface area contributed by atoms with Crippen LogP contribution in [0.4, 0.5) is 11.4 Å². The minimum absolute atomic E-state index is 0.0645. The molecule has 0 unspecified atom stereocenters. The average Bonchev–Trinajstić information content (AvgIpc) is 2.60. The van der Waals surface area contributed by atoms with Crippen LogP contribution in [0, 0.1) is 20.8 Å². The van der Waals surface area contributed by atoms with Crippen molar-refractivity contribution in [2.75, 3.05) is 36.4 Å². The van der Waals surface area contributed by atoms with Gasteiger partial charge in [0.2, 0.25) is 5.91 Å². The van der Waals surface area contributed by atoms with Gasteiger partial charge in [-0.1, -0.05) is 29.8 Å². The first-order valence-corrected chi connectivity index (χ1v) is 9.36. The minimum Gasteiger partial charge on any atom is -0.366 e. The fourth-order valence-corrected chi connectivity index (χ4v) is 3.58. The smallest absolute Gasteiger partial charge is 0.238 e. The maximum atomic E-state index is 12.5. The summed E-state index contributed by atoms with van der Waals surface area (Å²) in [4.78, 5) is 17.1. The van der Waals surface area contributed by atoms with Crippen LogP contribution >= 0.6 is 0 Å². The van der Waals surface area contributed by atoms with Gasteiger partial charge >= 0.3 is 0 Å². The highest BCUT2D eigenvalue weighted by atomic mass is 16.2. The summed E-state index contributed by atoms with van der Waals surface area (Å²) in [5, 5.41) is 3.07. The Morgan fingerprint density at radius 3 is 2.50 bits per heavy atom. The molecule has 1 atom stereocenters. The van der Waals surface area contributed by atoms with Gasteiger partial charge in [0.25, 0.3) is 0 Å². The lowest BCUT2D eigenvalue weighted by Gasteiger charge is -2.41. The van der Waals surface area contributed by atoms with E-state index in [9.17, 15) is 4.79 Å². The second kappa shape index (κ2) is 7.92. The molecule has 1 heterocycles. The summed E-state index contributed by atoms with van der Waals surface area (Å²) in [5.41, 5.74) is 5.80. The fraction of sp³-hybridized carbons (Fsp3) is 0.409. The summed E-state index contributed by atoms with van der Waals surface area (Å²) < 4.78 is 0. The number of hydrogen-bond donors (Lipinski definition) is 1. The molecule has 1 saturated heterocycles. The summed E-state index contributed by atoms with van der Waals surface area (Å²) in [6.45, 7) is 11.6. The number of hydrogen-bond acceptors (Lipinski definition) is 3. The van der Waals surface area contributed by atoms with Crippen molar-refractivity contribution in [2.24, 2.45) is 0 Å². The third kappa shape index (κ3) is 4.25. The van der Waals surface area contributed by atoms with Gasteiger partial charge in [0, 0.05) is 37.1 Å². The van der Waals surface area contributed by atoms with Gasteiger partial charge in [0.05, 0.1) is 6.54 Å². The predicted molar refractivity (Wildman–Crippen MR) is 109 cm³/mol. The number of nitrogens with one attached hydrogen (secondary N) is 1. The van der Waals surface area contributed by atoms with E-state index in [2.05, 4.69) is 66.2 Å². The number of carbonyl (C=O) groups excluding carboxylic acids is 1. The molecule has 0 aromatic heterocycles. The molecule has 0 aliphatic carbocycles. The van der Waals surface area contributed by atoms with Crippen molar-refractivity contribution < 1.29 is 4.79 Å². The molecule has 4 heteroatoms. The van der Waals surface area contributed by atoms with E-state index in [1.54, 1.807) is 0 Å². The van der Waals surface area contributed by atoms with Crippen LogP contribution in [-0.4, -0.2) is 43.0 Å². The molecule has 0 saturated carbocycles. The summed E-state index contributed by atoms with van der Waals surface area (Å²) in [6.07, 6.45) is 0. The van der Waals surface area contributed by atoms with Gasteiger partial charge in [0.1, 0.15) is 0 Å². The van der Waals surface area contributed by atoms with E-state index < -0.39 is 0 Å². The second-order valence-electron chi connectivity index (χ2n) is 7.41. The number of piperazine rings is 1. The van der Waals surface area contributed by atoms with Crippen molar-refractivity contribution in [3.05, 3.63) is 59.2 Å². The van der Waals surface area contributed by atoms with Crippen LogP contribution in [0.3, 0.4) is 0 Å². The summed E-state index contributed by atoms with van der Waals surface area (Å²) >= 11 is 0. The molecule has 26 heavy (non-hydrogen) atoms. The molecule has 3 rings (SSSR count). The Labute approximate surface area is 156 Å². The zero-order chi connectivity index (χ0) is 18.7. The lowest BCUT2D eigenvalue weighted by molar-refractivity contribution is -0.117. The predicted octanol–water partition coefficient (Wildman–Crippen LogP) is 3.76. The first kappa shape index (κ1) is 18.5. The maximum Gasteiger partial charge on any atom is 0.238 e. The van der Waals surface area contributed by atoms with Crippen molar-refractivity contribution >= 4 is 17.3 Å². The van der Waals surface area contributed by atoms with E-state index >= 15 is 0 Å². The SMILES string of the molecule is Cc1ccc(N2CCN(CC(=O)Nc3cccc(C)c3C)C[C@@H]2C)cc1. The molecule has 0 spiro atoms. The molecule has 1 N–H and O–H groups in total. The standard InChI is InChI=1S/C22H29N3O/c1-16-8-10-20(11-9-16)25-13-12-24(14-18(25)3)15-22(26)23-21-7-5-6-17(2)19(21)4/h5-11,18H,12-15H2,1-4H3,(H,23,26)/t18-/m0/s1. The highest BCUT2D eigenvalue weighted by molar-refractivity contribution is 5.93. The average molecular weight is 351 g/mol. The van der Waals surface area contributed by atoms with E-state index in [1.807, 2.05) is 19.1 Å². The molecule has 1 aliphatic heterocycles. The Balaban J connectivity index is 1.56. The quantitative estimate of drug-likeness (QED) is 0.911. The van der Waals surface area contributed by atoms with Gasteiger partial charge in [0.15, 0.2) is 0 Å². The van der Waals surface area contributed by atoms with Gasteiger partial charge in [-0.05, 0) is 57.0 Å². The molecule has 2 aromatic rings. The number of amides is 1. The molecule has 138 valence electrons. The van der Waals surface area contributed by atoms with Crippen LogP contribution in [0.25, 0.3) is 0 Å². The molecule has 1 fully saturated rings. The summed E-state index contributed by atoms with van der Waals surface area (Å²) in [5.74, 6) is 0.0645. The first-order chi connectivity index (χ1) is 12.4. The third-order valence-corrected chi connectivity index (χ3v) is 5.32. The number of rotatable bonds is 4. The highest BCUT2D eigenvalue weighted by Gasteiger charge is 2.25. The van der Waals surface area contributed by atoms with Crippen LogP contribution in [0.1, 0.15) is 23.6 Å². The largest absolute Gasteiger partial charge is 0.366 e. The van der Waals surface area contributed by atoms with Crippen LogP contribution in [0.15, 0.2) is 42.5 Å². The lowest BCUT2D eigenvalue weighted by atomic mass is 10.1. The summed E-state index contributed by atoms with van der Waals surface area (Å²) in [7, 11) is 0. The van der Waals surface area contributed by atoms with E-state index in [0.29, 0.717) is 12.6 Å². The van der Waals surface area contributed by atoms with Gasteiger partial charge < -0.3 is 10.2 Å². The topological polar surface area (TPSA) is 35.6 Å². The Hall–Kier alpha value is -2.33. The van der Waals surface area contributed by atoms with Crippen molar-refractivity contribution in [3.63, 3.8) is 0 Å². The van der Waals surface area contributed by atoms with Crippen molar-refractivity contribution in [1.82, 2.24) is 4.90 Å². The zero-order valence-electron chi connectivity index (χ0n) is 16.2. The first-order valence-electron chi connectivity index (χ1n) is 9.36. The monoisotopic (exact) mass is 351 g/mol. The van der Waals surface area contributed by atoms with E-state index in [4.69, 9.17) is 0 Å². The molecule has 1 aliphatic rings. The molecule has 4 nitrogen and oxygen atoms in total. The fourth-order valence-electron chi connectivity index (χ4n) is 3.58. The van der Waals surface area contributed by atoms with Crippen LogP contribution in [0.5, 0.6) is 0 Å². The van der Waals surface area contributed by atoms with Gasteiger partial charge in [-0.15, -0.1) is 0 Å². The Morgan fingerprint density at radius 2 is 1.81 bits per heavy atom. The van der Waals surface area contributed by atoms with E-state index in [1.165, 1.54) is 16.8 Å². The highest BCUT2D eigenvalue weighted by Crippen LogP contribution is 2.21. The van der Waals surface area contributed by atoms with Crippen molar-refractivity contribution in [3.8, 4) is 0 Å². The van der Waals surface area contributed by atoms with Crippen molar-refractivity contribution in [1.29, 1.82) is 0 Å². The zero-order valence-corrected chi connectivity index (χ0v) is 16.2. The third-order valence-electron chi connectivity index (χ3n) is 5.32. The van der Waals surface area contributed by atoms with E-state index in [-0.39, 0.29) is 5.91 Å². The van der Waals surface area contributed by atoms with Gasteiger partial charge in [-0.2, -0.15) is 0 Å². The number of benzene rings is 2. The van der Waals surface area contributed by atoms with Crippen LogP contribution in [-0.2, 0) is 4.79 Å². The van der Waals surface area contributed by atoms with E-state index in [0.717, 1.165) is 30.9 Å².